The molecule has 1 rings (SSSR count). The van der Waals surface area contributed by atoms with Gasteiger partial charge in [0.2, 0.25) is 0 Å². The van der Waals surface area contributed by atoms with E-state index in [1.54, 1.807) is 31.4 Å². The van der Waals surface area contributed by atoms with Crippen molar-refractivity contribution in [3.8, 4) is 5.75 Å². The zero-order valence-electron chi connectivity index (χ0n) is 10.6. The molecule has 1 aromatic carbocycles. The monoisotopic (exact) mass is 251 g/mol. The van der Waals surface area contributed by atoms with Gasteiger partial charge in [0, 0.05) is 12.1 Å². The number of carbonyl (C=O) groups is 2. The van der Waals surface area contributed by atoms with E-state index < -0.39 is 0 Å². The van der Waals surface area contributed by atoms with Crippen molar-refractivity contribution in [3.05, 3.63) is 24.3 Å². The molecule has 1 N–H and O–H groups in total. The second-order valence-corrected chi connectivity index (χ2v) is 3.69. The topological polar surface area (TPSA) is 64.6 Å². The minimum Gasteiger partial charge on any atom is -0.497 e. The Morgan fingerprint density at radius 3 is 2.44 bits per heavy atom. The number of benzene rings is 1. The first-order valence-electron chi connectivity index (χ1n) is 5.75. The minimum absolute atomic E-state index is 0.259. The Balaban J connectivity index is 2.37. The lowest BCUT2D eigenvalue weighted by atomic mass is 10.3. The number of esters is 1. The molecule has 0 radical (unpaired) electrons. The maximum Gasteiger partial charge on any atom is 0.306 e. The van der Waals surface area contributed by atoms with Gasteiger partial charge in [-0.15, -0.1) is 0 Å². The number of hydrogen-bond donors (Lipinski definition) is 1. The summed E-state index contributed by atoms with van der Waals surface area (Å²) in [6.07, 6.45) is 1.04. The van der Waals surface area contributed by atoms with Gasteiger partial charge < -0.3 is 14.8 Å². The molecule has 0 saturated heterocycles. The van der Waals surface area contributed by atoms with Gasteiger partial charge in [0.1, 0.15) is 5.75 Å². The summed E-state index contributed by atoms with van der Waals surface area (Å²) in [6.45, 7) is 1.61. The molecule has 98 valence electrons. The lowest BCUT2D eigenvalue weighted by Gasteiger charge is -2.07. The molecule has 0 aliphatic rings. The molecule has 0 spiro atoms. The lowest BCUT2D eigenvalue weighted by molar-refractivity contribution is -0.147. The molecule has 0 aromatic heterocycles. The van der Waals surface area contributed by atoms with Crippen LogP contribution >= 0.6 is 0 Å². The molecule has 0 heterocycles. The summed E-state index contributed by atoms with van der Waals surface area (Å²) in [4.78, 5) is 22.5. The fraction of sp³-hybridized carbons (Fsp3) is 0.385. The molecule has 0 atom stereocenters. The molecule has 0 aliphatic heterocycles. The summed E-state index contributed by atoms with van der Waals surface area (Å²) in [5.41, 5.74) is 0.632. The predicted octanol–water partition coefficient (Wildman–Crippen LogP) is 1.98. The Bertz CT molecular complexity index is 400. The van der Waals surface area contributed by atoms with E-state index in [4.69, 9.17) is 9.47 Å². The molecular weight excluding hydrogens is 234 g/mol. The summed E-state index contributed by atoms with van der Waals surface area (Å²) < 4.78 is 9.78. The quantitative estimate of drug-likeness (QED) is 0.785. The van der Waals surface area contributed by atoms with Crippen molar-refractivity contribution < 1.29 is 19.1 Å². The van der Waals surface area contributed by atoms with E-state index in [-0.39, 0.29) is 18.5 Å². The van der Waals surface area contributed by atoms with Crippen molar-refractivity contribution in [1.82, 2.24) is 0 Å². The van der Waals surface area contributed by atoms with Gasteiger partial charge in [-0.1, -0.05) is 6.92 Å². The molecule has 18 heavy (non-hydrogen) atoms. The predicted molar refractivity (Wildman–Crippen MR) is 67.5 cm³/mol. The van der Waals surface area contributed by atoms with E-state index >= 15 is 0 Å². The van der Waals surface area contributed by atoms with Crippen molar-refractivity contribution in [2.75, 3.05) is 19.0 Å². The molecule has 0 aliphatic carbocycles. The average Bonchev–Trinajstić information content (AvgIpc) is 2.38. The lowest BCUT2D eigenvalue weighted by Crippen LogP contribution is -2.20. The van der Waals surface area contributed by atoms with Crippen LogP contribution in [-0.2, 0) is 14.3 Å². The van der Waals surface area contributed by atoms with Crippen molar-refractivity contribution in [1.29, 1.82) is 0 Å². The number of anilines is 1. The molecule has 0 saturated carbocycles. The third-order valence-electron chi connectivity index (χ3n) is 2.19. The van der Waals surface area contributed by atoms with Crippen LogP contribution in [0.5, 0.6) is 5.75 Å². The summed E-state index contributed by atoms with van der Waals surface area (Å²) in [5, 5.41) is 2.62. The van der Waals surface area contributed by atoms with E-state index in [0.29, 0.717) is 24.3 Å². The highest BCUT2D eigenvalue weighted by atomic mass is 16.5. The number of amides is 1. The Kier molecular flexibility index (Phi) is 5.70. The molecule has 0 unspecified atom stereocenters. The van der Waals surface area contributed by atoms with E-state index in [2.05, 4.69) is 5.32 Å². The van der Waals surface area contributed by atoms with Gasteiger partial charge >= 0.3 is 5.97 Å². The largest absolute Gasteiger partial charge is 0.497 e. The fourth-order valence-electron chi connectivity index (χ4n) is 1.29. The van der Waals surface area contributed by atoms with E-state index in [1.807, 2.05) is 6.92 Å². The first-order chi connectivity index (χ1) is 8.65. The van der Waals surface area contributed by atoms with Crippen molar-refractivity contribution in [2.45, 2.75) is 19.8 Å². The average molecular weight is 251 g/mol. The van der Waals surface area contributed by atoms with Gasteiger partial charge in [0.25, 0.3) is 5.91 Å². The van der Waals surface area contributed by atoms with Crippen LogP contribution in [0.1, 0.15) is 19.8 Å². The molecule has 1 amide bonds. The summed E-state index contributed by atoms with van der Waals surface area (Å²) in [6, 6.07) is 6.90. The second-order valence-electron chi connectivity index (χ2n) is 3.69. The highest BCUT2D eigenvalue weighted by Gasteiger charge is 2.06. The Morgan fingerprint density at radius 2 is 1.89 bits per heavy atom. The fourth-order valence-corrected chi connectivity index (χ4v) is 1.29. The van der Waals surface area contributed by atoms with Gasteiger partial charge in [-0.3, -0.25) is 9.59 Å². The van der Waals surface area contributed by atoms with Crippen LogP contribution in [0.4, 0.5) is 5.69 Å². The first kappa shape index (κ1) is 14.0. The normalized spacial score (nSPS) is 9.67. The third-order valence-corrected chi connectivity index (χ3v) is 2.19. The number of hydrogen-bond acceptors (Lipinski definition) is 4. The molecule has 0 bridgehead atoms. The zero-order chi connectivity index (χ0) is 13.4. The van der Waals surface area contributed by atoms with Crippen molar-refractivity contribution in [2.24, 2.45) is 0 Å². The highest BCUT2D eigenvalue weighted by molar-refractivity contribution is 5.92. The number of nitrogens with one attached hydrogen (secondary N) is 1. The number of rotatable bonds is 6. The van der Waals surface area contributed by atoms with Gasteiger partial charge in [-0.25, -0.2) is 0 Å². The summed E-state index contributed by atoms with van der Waals surface area (Å²) >= 11 is 0. The van der Waals surface area contributed by atoms with Crippen molar-refractivity contribution in [3.63, 3.8) is 0 Å². The number of carbonyl (C=O) groups excluding carboxylic acids is 2. The van der Waals surface area contributed by atoms with Crippen LogP contribution in [0.3, 0.4) is 0 Å². The summed E-state index contributed by atoms with van der Waals surface area (Å²) in [5.74, 6) is -0.00521. The highest BCUT2D eigenvalue weighted by Crippen LogP contribution is 2.14. The zero-order valence-corrected chi connectivity index (χ0v) is 10.6. The van der Waals surface area contributed by atoms with Crippen LogP contribution < -0.4 is 10.1 Å². The molecule has 5 heteroatoms. The van der Waals surface area contributed by atoms with Crippen LogP contribution in [0, 0.1) is 0 Å². The molecular formula is C13H17NO4. The van der Waals surface area contributed by atoms with Crippen molar-refractivity contribution >= 4 is 17.6 Å². The third kappa shape index (κ3) is 4.86. The Morgan fingerprint density at radius 1 is 1.22 bits per heavy atom. The Hall–Kier alpha value is -2.04. The standard InChI is InChI=1S/C13H17NO4/c1-3-4-13(16)18-9-12(15)14-10-5-7-11(17-2)8-6-10/h5-8H,3-4,9H2,1-2H3,(H,14,15). The number of ether oxygens (including phenoxy) is 2. The number of methoxy groups -OCH3 is 1. The second kappa shape index (κ2) is 7.32. The van der Waals surface area contributed by atoms with Gasteiger partial charge in [-0.2, -0.15) is 0 Å². The minimum atomic E-state index is -0.359. The molecule has 5 nitrogen and oxygen atoms in total. The first-order valence-corrected chi connectivity index (χ1v) is 5.75. The van der Waals surface area contributed by atoms with Gasteiger partial charge in [0.15, 0.2) is 6.61 Å². The van der Waals surface area contributed by atoms with Crippen LogP contribution in [-0.4, -0.2) is 25.6 Å². The van der Waals surface area contributed by atoms with Gasteiger partial charge in [-0.05, 0) is 30.7 Å². The molecule has 1 aromatic rings. The van der Waals surface area contributed by atoms with Crippen LogP contribution in [0.25, 0.3) is 0 Å². The maximum absolute atomic E-state index is 11.5. The van der Waals surface area contributed by atoms with Crippen LogP contribution in [0.15, 0.2) is 24.3 Å². The maximum atomic E-state index is 11.5. The van der Waals surface area contributed by atoms with E-state index in [0.717, 1.165) is 0 Å². The van der Waals surface area contributed by atoms with Crippen LogP contribution in [0.2, 0.25) is 0 Å². The Labute approximate surface area is 106 Å². The SMILES string of the molecule is CCCC(=O)OCC(=O)Nc1ccc(OC)cc1. The van der Waals surface area contributed by atoms with E-state index in [1.165, 1.54) is 0 Å². The molecule has 0 fully saturated rings. The summed E-state index contributed by atoms with van der Waals surface area (Å²) in [7, 11) is 1.57. The van der Waals surface area contributed by atoms with E-state index in [9.17, 15) is 9.59 Å². The van der Waals surface area contributed by atoms with Gasteiger partial charge in [0.05, 0.1) is 7.11 Å². The smallest absolute Gasteiger partial charge is 0.306 e.